The Morgan fingerprint density at radius 1 is 1.00 bits per heavy atom. The molecule has 1 aliphatic rings. The first-order chi connectivity index (χ1) is 15.4. The molecule has 32 heavy (non-hydrogen) atoms. The molecule has 2 amide bonds. The largest absolute Gasteiger partial charge is 0.488 e. The SMILES string of the molecule is Cc1ccc(CN2C(=O)S/C(=C/c3ccc(OCc4ccc(Cl)cc4)c(Br)c3)C2=O)cc1. The molecule has 3 aromatic rings. The van der Waals surface area contributed by atoms with Gasteiger partial charge in [0, 0.05) is 5.02 Å². The lowest BCUT2D eigenvalue weighted by Crippen LogP contribution is -2.27. The Labute approximate surface area is 204 Å². The van der Waals surface area contributed by atoms with Crippen LogP contribution in [0.4, 0.5) is 4.79 Å². The maximum absolute atomic E-state index is 12.8. The summed E-state index contributed by atoms with van der Waals surface area (Å²) >= 11 is 10.4. The summed E-state index contributed by atoms with van der Waals surface area (Å²) in [7, 11) is 0. The monoisotopic (exact) mass is 527 g/mol. The normalized spacial score (nSPS) is 15.0. The molecular weight excluding hydrogens is 510 g/mol. The predicted octanol–water partition coefficient (Wildman–Crippen LogP) is 7.23. The molecule has 1 fully saturated rings. The average molecular weight is 529 g/mol. The fraction of sp³-hybridized carbons (Fsp3) is 0.120. The molecule has 4 nitrogen and oxygen atoms in total. The first-order valence-electron chi connectivity index (χ1n) is 9.87. The number of benzene rings is 3. The van der Waals surface area contributed by atoms with Gasteiger partial charge in [0.1, 0.15) is 12.4 Å². The Morgan fingerprint density at radius 3 is 2.38 bits per heavy atom. The van der Waals surface area contributed by atoms with Gasteiger partial charge < -0.3 is 4.74 Å². The molecule has 0 aliphatic carbocycles. The first-order valence-corrected chi connectivity index (χ1v) is 11.9. The highest BCUT2D eigenvalue weighted by Gasteiger charge is 2.34. The number of nitrogens with zero attached hydrogens (tertiary/aromatic N) is 1. The summed E-state index contributed by atoms with van der Waals surface area (Å²) in [4.78, 5) is 26.9. The van der Waals surface area contributed by atoms with E-state index in [1.807, 2.05) is 73.7 Å². The van der Waals surface area contributed by atoms with E-state index < -0.39 is 0 Å². The lowest BCUT2D eigenvalue weighted by molar-refractivity contribution is -0.123. The minimum Gasteiger partial charge on any atom is -0.488 e. The topological polar surface area (TPSA) is 46.6 Å². The van der Waals surface area contributed by atoms with Gasteiger partial charge in [0.05, 0.1) is 15.9 Å². The van der Waals surface area contributed by atoms with Crippen molar-refractivity contribution in [2.75, 3.05) is 0 Å². The molecule has 4 rings (SSSR count). The molecule has 0 aromatic heterocycles. The van der Waals surface area contributed by atoms with Crippen LogP contribution in [0.1, 0.15) is 22.3 Å². The molecule has 162 valence electrons. The van der Waals surface area contributed by atoms with Crippen molar-refractivity contribution in [2.45, 2.75) is 20.1 Å². The van der Waals surface area contributed by atoms with E-state index in [4.69, 9.17) is 16.3 Å². The lowest BCUT2D eigenvalue weighted by atomic mass is 10.1. The third-order valence-electron chi connectivity index (χ3n) is 4.90. The zero-order valence-electron chi connectivity index (χ0n) is 17.2. The third kappa shape index (κ3) is 5.44. The van der Waals surface area contributed by atoms with Gasteiger partial charge in [0.15, 0.2) is 0 Å². The summed E-state index contributed by atoms with van der Waals surface area (Å²) in [5, 5.41) is 0.423. The van der Waals surface area contributed by atoms with E-state index in [2.05, 4.69) is 15.9 Å². The molecular formula is C25H19BrClNO3S. The molecule has 1 heterocycles. The smallest absolute Gasteiger partial charge is 0.293 e. The highest BCUT2D eigenvalue weighted by Crippen LogP contribution is 2.35. The van der Waals surface area contributed by atoms with Gasteiger partial charge in [0.25, 0.3) is 11.1 Å². The minimum absolute atomic E-state index is 0.260. The van der Waals surface area contributed by atoms with Crippen molar-refractivity contribution in [3.8, 4) is 5.75 Å². The van der Waals surface area contributed by atoms with Crippen LogP contribution in [0.3, 0.4) is 0 Å². The molecule has 1 aliphatic heterocycles. The van der Waals surface area contributed by atoms with E-state index >= 15 is 0 Å². The summed E-state index contributed by atoms with van der Waals surface area (Å²) in [6.07, 6.45) is 1.73. The molecule has 0 bridgehead atoms. The number of amides is 2. The number of aryl methyl sites for hydroxylation is 1. The fourth-order valence-electron chi connectivity index (χ4n) is 3.13. The van der Waals surface area contributed by atoms with Gasteiger partial charge in [-0.15, -0.1) is 0 Å². The lowest BCUT2D eigenvalue weighted by Gasteiger charge is -2.12. The quantitative estimate of drug-likeness (QED) is 0.317. The van der Waals surface area contributed by atoms with Crippen LogP contribution >= 0.6 is 39.3 Å². The van der Waals surface area contributed by atoms with E-state index in [0.717, 1.165) is 38.5 Å². The number of rotatable bonds is 6. The van der Waals surface area contributed by atoms with Crippen molar-refractivity contribution in [3.05, 3.63) is 103 Å². The number of halogens is 2. The predicted molar refractivity (Wildman–Crippen MR) is 133 cm³/mol. The number of thioether (sulfide) groups is 1. The van der Waals surface area contributed by atoms with Crippen molar-refractivity contribution in [2.24, 2.45) is 0 Å². The highest BCUT2D eigenvalue weighted by molar-refractivity contribution is 9.10. The molecule has 0 radical (unpaired) electrons. The Kier molecular flexibility index (Phi) is 7.04. The average Bonchev–Trinajstić information content (AvgIpc) is 3.03. The highest BCUT2D eigenvalue weighted by atomic mass is 79.9. The van der Waals surface area contributed by atoms with Gasteiger partial charge in [-0.3, -0.25) is 14.5 Å². The van der Waals surface area contributed by atoms with Gasteiger partial charge in [-0.25, -0.2) is 0 Å². The van der Waals surface area contributed by atoms with Gasteiger partial charge in [-0.1, -0.05) is 59.6 Å². The Morgan fingerprint density at radius 2 is 1.69 bits per heavy atom. The van der Waals surface area contributed by atoms with Crippen molar-refractivity contribution >= 4 is 56.5 Å². The number of carbonyl (C=O) groups is 2. The standard InChI is InChI=1S/C25H19BrClNO3S/c1-16-2-4-17(5-3-16)14-28-24(29)23(32-25(28)30)13-19-8-11-22(21(26)12-19)31-15-18-6-9-20(27)10-7-18/h2-13H,14-15H2,1H3/b23-13+. The summed E-state index contributed by atoms with van der Waals surface area (Å²) in [6, 6.07) is 20.8. The van der Waals surface area contributed by atoms with E-state index in [0.29, 0.717) is 22.3 Å². The molecule has 0 unspecified atom stereocenters. The van der Waals surface area contributed by atoms with Crippen LogP contribution in [0.25, 0.3) is 6.08 Å². The summed E-state index contributed by atoms with van der Waals surface area (Å²) in [5.41, 5.74) is 3.86. The van der Waals surface area contributed by atoms with Crippen LogP contribution < -0.4 is 4.74 Å². The molecule has 0 N–H and O–H groups in total. The molecule has 1 saturated heterocycles. The van der Waals surface area contributed by atoms with Crippen molar-refractivity contribution in [1.82, 2.24) is 4.90 Å². The van der Waals surface area contributed by atoms with Crippen LogP contribution in [0.5, 0.6) is 5.75 Å². The second kappa shape index (κ2) is 9.94. The summed E-state index contributed by atoms with van der Waals surface area (Å²) in [6.45, 7) is 2.68. The number of imide groups is 1. The summed E-state index contributed by atoms with van der Waals surface area (Å²) < 4.78 is 6.64. The minimum atomic E-state index is -0.278. The van der Waals surface area contributed by atoms with Crippen LogP contribution in [0.15, 0.2) is 76.1 Å². The van der Waals surface area contributed by atoms with Gasteiger partial charge in [-0.2, -0.15) is 0 Å². The third-order valence-corrected chi connectivity index (χ3v) is 6.68. The Balaban J connectivity index is 1.44. The molecule has 0 spiro atoms. The summed E-state index contributed by atoms with van der Waals surface area (Å²) in [5.74, 6) is 0.407. The maximum Gasteiger partial charge on any atom is 0.293 e. The molecule has 7 heteroatoms. The Bertz CT molecular complexity index is 1190. The van der Waals surface area contributed by atoms with Crippen LogP contribution in [-0.2, 0) is 17.9 Å². The van der Waals surface area contributed by atoms with Gasteiger partial charge in [0.2, 0.25) is 0 Å². The van der Waals surface area contributed by atoms with E-state index in [9.17, 15) is 9.59 Å². The number of hydrogen-bond acceptors (Lipinski definition) is 4. The second-order valence-electron chi connectivity index (χ2n) is 7.36. The van der Waals surface area contributed by atoms with Gasteiger partial charge in [-0.05, 0) is 81.6 Å². The van der Waals surface area contributed by atoms with Crippen molar-refractivity contribution in [1.29, 1.82) is 0 Å². The zero-order valence-corrected chi connectivity index (χ0v) is 20.3. The zero-order chi connectivity index (χ0) is 22.7. The van der Waals surface area contributed by atoms with Crippen LogP contribution in [0, 0.1) is 6.92 Å². The number of hydrogen-bond donors (Lipinski definition) is 0. The number of carbonyl (C=O) groups excluding carboxylic acids is 2. The van der Waals surface area contributed by atoms with Crippen LogP contribution in [0.2, 0.25) is 5.02 Å². The van der Waals surface area contributed by atoms with Crippen molar-refractivity contribution in [3.63, 3.8) is 0 Å². The molecule has 3 aromatic carbocycles. The van der Waals surface area contributed by atoms with E-state index in [1.165, 1.54) is 4.90 Å². The van der Waals surface area contributed by atoms with Gasteiger partial charge >= 0.3 is 0 Å². The van der Waals surface area contributed by atoms with Crippen LogP contribution in [-0.4, -0.2) is 16.0 Å². The Hall–Kier alpha value is -2.54. The van der Waals surface area contributed by atoms with Crippen molar-refractivity contribution < 1.29 is 14.3 Å². The van der Waals surface area contributed by atoms with E-state index in [-0.39, 0.29) is 17.7 Å². The van der Waals surface area contributed by atoms with E-state index in [1.54, 1.807) is 6.08 Å². The fourth-order valence-corrected chi connectivity index (χ4v) is 4.60. The molecule has 0 saturated carbocycles. The second-order valence-corrected chi connectivity index (χ2v) is 9.64. The maximum atomic E-state index is 12.8. The molecule has 0 atom stereocenters. The number of ether oxygens (including phenoxy) is 1. The first kappa shape index (κ1) is 22.6.